The van der Waals surface area contributed by atoms with Crippen LogP contribution in [0.4, 0.5) is 0 Å². The molecular weight excluding hydrogens is 202 g/mol. The lowest BCUT2D eigenvalue weighted by Gasteiger charge is -2.00. The quantitative estimate of drug-likeness (QED) is 0.759. The molecule has 4 nitrogen and oxygen atoms in total. The standard InChI is InChI=1S/C9H8ClN3O/c1-14-7-6-12-13(9(7)10)8-4-2-3-5-11-8/h2-6H,1H3. The van der Waals surface area contributed by atoms with Crippen molar-refractivity contribution in [3.63, 3.8) is 0 Å². The summed E-state index contributed by atoms with van der Waals surface area (Å²) in [7, 11) is 1.55. The number of methoxy groups -OCH3 is 1. The smallest absolute Gasteiger partial charge is 0.176 e. The first-order chi connectivity index (χ1) is 6.83. The Morgan fingerprint density at radius 2 is 2.29 bits per heavy atom. The van der Waals surface area contributed by atoms with E-state index in [0.29, 0.717) is 16.7 Å². The van der Waals surface area contributed by atoms with Crippen LogP contribution < -0.4 is 4.74 Å². The van der Waals surface area contributed by atoms with Crippen LogP contribution in [0.1, 0.15) is 0 Å². The SMILES string of the molecule is COc1cnn(-c2ccccn2)c1Cl. The summed E-state index contributed by atoms with van der Waals surface area (Å²) in [6.07, 6.45) is 3.23. The predicted octanol–water partition coefficient (Wildman–Crippen LogP) is 1.93. The molecule has 0 saturated carbocycles. The van der Waals surface area contributed by atoms with Gasteiger partial charge in [-0.3, -0.25) is 0 Å². The lowest BCUT2D eigenvalue weighted by atomic mass is 10.5. The molecule has 0 atom stereocenters. The molecule has 0 radical (unpaired) electrons. The molecule has 0 spiro atoms. The van der Waals surface area contributed by atoms with Crippen molar-refractivity contribution in [2.75, 3.05) is 7.11 Å². The Morgan fingerprint density at radius 3 is 2.86 bits per heavy atom. The minimum Gasteiger partial charge on any atom is -0.492 e. The van der Waals surface area contributed by atoms with Crippen LogP contribution in [0, 0.1) is 0 Å². The maximum Gasteiger partial charge on any atom is 0.176 e. The topological polar surface area (TPSA) is 39.9 Å². The monoisotopic (exact) mass is 209 g/mol. The van der Waals surface area contributed by atoms with Gasteiger partial charge in [0.1, 0.15) is 0 Å². The molecule has 0 aliphatic rings. The molecule has 2 heterocycles. The molecule has 0 N–H and O–H groups in total. The van der Waals surface area contributed by atoms with Gasteiger partial charge in [0.25, 0.3) is 0 Å². The van der Waals surface area contributed by atoms with E-state index >= 15 is 0 Å². The second kappa shape index (κ2) is 3.67. The van der Waals surface area contributed by atoms with Crippen LogP contribution in [0.5, 0.6) is 5.75 Å². The number of hydrogen-bond acceptors (Lipinski definition) is 3. The molecule has 0 aliphatic heterocycles. The average Bonchev–Trinajstić information content (AvgIpc) is 2.61. The summed E-state index contributed by atoms with van der Waals surface area (Å²) in [5.41, 5.74) is 0. The summed E-state index contributed by atoms with van der Waals surface area (Å²) in [6.45, 7) is 0. The molecule has 0 bridgehead atoms. The van der Waals surface area contributed by atoms with Crippen LogP contribution in [-0.4, -0.2) is 21.9 Å². The largest absolute Gasteiger partial charge is 0.492 e. The highest BCUT2D eigenvalue weighted by Crippen LogP contribution is 2.24. The zero-order valence-corrected chi connectivity index (χ0v) is 8.27. The van der Waals surface area contributed by atoms with Crippen LogP contribution in [-0.2, 0) is 0 Å². The van der Waals surface area contributed by atoms with Crippen molar-refractivity contribution >= 4 is 11.6 Å². The number of pyridine rings is 1. The van der Waals surface area contributed by atoms with Crippen LogP contribution in [0.25, 0.3) is 5.82 Å². The third-order valence-electron chi connectivity index (χ3n) is 1.77. The highest BCUT2D eigenvalue weighted by molar-refractivity contribution is 6.31. The fraction of sp³-hybridized carbons (Fsp3) is 0.111. The molecule has 0 aromatic carbocycles. The van der Waals surface area contributed by atoms with Crippen LogP contribution in [0.3, 0.4) is 0 Å². The van der Waals surface area contributed by atoms with Crippen molar-refractivity contribution in [3.8, 4) is 11.6 Å². The molecule has 2 rings (SSSR count). The summed E-state index contributed by atoms with van der Waals surface area (Å²) < 4.78 is 6.52. The molecule has 2 aromatic rings. The summed E-state index contributed by atoms with van der Waals surface area (Å²) in [4.78, 5) is 4.12. The lowest BCUT2D eigenvalue weighted by molar-refractivity contribution is 0.415. The normalized spacial score (nSPS) is 10.1. The fourth-order valence-electron chi connectivity index (χ4n) is 1.09. The molecule has 5 heteroatoms. The summed E-state index contributed by atoms with van der Waals surface area (Å²) in [5, 5.41) is 4.48. The third-order valence-corrected chi connectivity index (χ3v) is 2.11. The molecule has 0 amide bonds. The minimum absolute atomic E-state index is 0.422. The van der Waals surface area contributed by atoms with E-state index < -0.39 is 0 Å². The van der Waals surface area contributed by atoms with E-state index in [0.717, 1.165) is 0 Å². The van der Waals surface area contributed by atoms with Gasteiger partial charge in [0.2, 0.25) is 0 Å². The first-order valence-corrected chi connectivity index (χ1v) is 4.39. The van der Waals surface area contributed by atoms with Gasteiger partial charge in [0, 0.05) is 6.20 Å². The van der Waals surface area contributed by atoms with E-state index in [9.17, 15) is 0 Å². The predicted molar refractivity (Wildman–Crippen MR) is 52.9 cm³/mol. The molecule has 0 aliphatic carbocycles. The summed E-state index contributed by atoms with van der Waals surface area (Å²) in [6, 6.07) is 5.52. The van der Waals surface area contributed by atoms with Crippen molar-refractivity contribution in [1.29, 1.82) is 0 Å². The number of halogens is 1. The van der Waals surface area contributed by atoms with Crippen molar-refractivity contribution in [1.82, 2.24) is 14.8 Å². The average molecular weight is 210 g/mol. The van der Waals surface area contributed by atoms with Crippen LogP contribution >= 0.6 is 11.6 Å². The number of hydrogen-bond donors (Lipinski definition) is 0. The molecule has 0 saturated heterocycles. The van der Waals surface area contributed by atoms with Crippen LogP contribution in [0.2, 0.25) is 5.15 Å². The Labute approximate surface area is 86.1 Å². The van der Waals surface area contributed by atoms with Crippen molar-refractivity contribution in [3.05, 3.63) is 35.7 Å². The molecule has 14 heavy (non-hydrogen) atoms. The first-order valence-electron chi connectivity index (χ1n) is 4.02. The van der Waals surface area contributed by atoms with Crippen LogP contribution in [0.15, 0.2) is 30.6 Å². The van der Waals surface area contributed by atoms with Gasteiger partial charge in [-0.05, 0) is 12.1 Å². The maximum atomic E-state index is 5.99. The Morgan fingerprint density at radius 1 is 1.43 bits per heavy atom. The Bertz CT molecular complexity index is 427. The molecule has 0 fully saturated rings. The van der Waals surface area contributed by atoms with E-state index in [-0.39, 0.29) is 0 Å². The molecule has 2 aromatic heterocycles. The first kappa shape index (κ1) is 9.02. The van der Waals surface area contributed by atoms with Gasteiger partial charge in [-0.2, -0.15) is 9.78 Å². The number of ether oxygens (including phenoxy) is 1. The molecule has 72 valence electrons. The number of rotatable bonds is 2. The van der Waals surface area contributed by atoms with E-state index in [4.69, 9.17) is 16.3 Å². The fourth-order valence-corrected chi connectivity index (χ4v) is 1.35. The minimum atomic E-state index is 0.422. The highest BCUT2D eigenvalue weighted by Gasteiger charge is 2.10. The van der Waals surface area contributed by atoms with Gasteiger partial charge in [-0.15, -0.1) is 0 Å². The Hall–Kier alpha value is -1.55. The van der Waals surface area contributed by atoms with Gasteiger partial charge in [-0.25, -0.2) is 4.98 Å². The van der Waals surface area contributed by atoms with Gasteiger partial charge in [-0.1, -0.05) is 17.7 Å². The lowest BCUT2D eigenvalue weighted by Crippen LogP contribution is -1.98. The van der Waals surface area contributed by atoms with Gasteiger partial charge >= 0.3 is 0 Å². The highest BCUT2D eigenvalue weighted by atomic mass is 35.5. The zero-order chi connectivity index (χ0) is 9.97. The molecule has 0 unspecified atom stereocenters. The maximum absolute atomic E-state index is 5.99. The summed E-state index contributed by atoms with van der Waals surface area (Å²) in [5.74, 6) is 1.21. The van der Waals surface area contributed by atoms with Gasteiger partial charge in [0.05, 0.1) is 13.3 Å². The van der Waals surface area contributed by atoms with Gasteiger partial charge < -0.3 is 4.74 Å². The zero-order valence-electron chi connectivity index (χ0n) is 7.51. The van der Waals surface area contributed by atoms with Crippen molar-refractivity contribution in [2.24, 2.45) is 0 Å². The summed E-state index contributed by atoms with van der Waals surface area (Å²) >= 11 is 5.99. The van der Waals surface area contributed by atoms with E-state index in [1.807, 2.05) is 18.2 Å². The molecular formula is C9H8ClN3O. The van der Waals surface area contributed by atoms with E-state index in [2.05, 4.69) is 10.1 Å². The van der Waals surface area contributed by atoms with Crippen molar-refractivity contribution in [2.45, 2.75) is 0 Å². The van der Waals surface area contributed by atoms with E-state index in [1.165, 1.54) is 4.68 Å². The van der Waals surface area contributed by atoms with Crippen molar-refractivity contribution < 1.29 is 4.74 Å². The Kier molecular flexibility index (Phi) is 2.37. The number of nitrogens with zero attached hydrogens (tertiary/aromatic N) is 3. The number of aromatic nitrogens is 3. The second-order valence-corrected chi connectivity index (χ2v) is 2.96. The Balaban J connectivity index is 2.48. The van der Waals surface area contributed by atoms with E-state index in [1.54, 1.807) is 19.5 Å². The van der Waals surface area contributed by atoms with Gasteiger partial charge in [0.15, 0.2) is 16.7 Å². The second-order valence-electron chi connectivity index (χ2n) is 2.60. The third kappa shape index (κ3) is 1.44.